The molecule has 0 aromatic carbocycles. The van der Waals surface area contributed by atoms with Crippen molar-refractivity contribution in [2.24, 2.45) is 5.41 Å². The van der Waals surface area contributed by atoms with E-state index in [2.05, 4.69) is 20.8 Å². The van der Waals surface area contributed by atoms with Gasteiger partial charge in [0.1, 0.15) is 6.29 Å². The Bertz CT molecular complexity index is 118. The smallest absolute Gasteiger partial charge is 0.208 e. The lowest BCUT2D eigenvalue weighted by molar-refractivity contribution is -0.0315. The van der Waals surface area contributed by atoms with Crippen LogP contribution in [0, 0.1) is 5.41 Å². The Morgan fingerprint density at radius 3 is 2.17 bits per heavy atom. The van der Waals surface area contributed by atoms with Gasteiger partial charge in [-0.2, -0.15) is 0 Å². The zero-order valence-electron chi connectivity index (χ0n) is 8.85. The second-order valence-corrected chi connectivity index (χ2v) is 6.63. The number of aliphatic hydroxyl groups excluding tert-OH is 1. The molecule has 1 atom stereocenters. The highest BCUT2D eigenvalue weighted by molar-refractivity contribution is 6.48. The van der Waals surface area contributed by atoms with Gasteiger partial charge >= 0.3 is 0 Å². The molecule has 73 valence electrons. The van der Waals surface area contributed by atoms with Gasteiger partial charge in [-0.15, -0.1) is 0 Å². The molecular weight excluding hydrogens is 168 g/mol. The van der Waals surface area contributed by atoms with Gasteiger partial charge < -0.3 is 9.53 Å². The van der Waals surface area contributed by atoms with E-state index < -0.39 is 15.3 Å². The molecule has 1 radical (unpaired) electrons. The molecule has 2 nitrogen and oxygen atoms in total. The van der Waals surface area contributed by atoms with E-state index in [1.807, 2.05) is 13.1 Å². The lowest BCUT2D eigenvalue weighted by atomic mass is 9.90. The second kappa shape index (κ2) is 4.99. The van der Waals surface area contributed by atoms with Gasteiger partial charge in [0.05, 0.1) is 0 Å². The summed E-state index contributed by atoms with van der Waals surface area (Å²) in [6, 6.07) is 0. The molecule has 0 fully saturated rings. The molecule has 0 spiro atoms. The standard InChI is InChI=1S/C9H21O2Si/c1-9(2,3)7-6-8(10)11-12(4)5/h8,10H,6-7H2,1-5H3. The van der Waals surface area contributed by atoms with E-state index in [1.165, 1.54) is 0 Å². The third kappa shape index (κ3) is 8.24. The first-order valence-corrected chi connectivity index (χ1v) is 6.87. The molecule has 0 bridgehead atoms. The van der Waals surface area contributed by atoms with E-state index in [-0.39, 0.29) is 0 Å². The fraction of sp³-hybridized carbons (Fsp3) is 1.00. The topological polar surface area (TPSA) is 29.5 Å². The maximum atomic E-state index is 9.39. The normalized spacial score (nSPS) is 15.2. The van der Waals surface area contributed by atoms with Crippen LogP contribution in [0.3, 0.4) is 0 Å². The van der Waals surface area contributed by atoms with Gasteiger partial charge in [0, 0.05) is 0 Å². The van der Waals surface area contributed by atoms with Crippen molar-refractivity contribution in [3.63, 3.8) is 0 Å². The molecule has 0 heterocycles. The molecule has 1 unspecified atom stereocenters. The lowest BCUT2D eigenvalue weighted by Crippen LogP contribution is -2.21. The monoisotopic (exact) mass is 189 g/mol. The summed E-state index contributed by atoms with van der Waals surface area (Å²) >= 11 is 0. The minimum Gasteiger partial charge on any atom is -0.393 e. The Labute approximate surface area is 77.7 Å². The second-order valence-electron chi connectivity index (χ2n) is 4.58. The van der Waals surface area contributed by atoms with Crippen LogP contribution in [-0.2, 0) is 4.43 Å². The van der Waals surface area contributed by atoms with Crippen LogP contribution in [0.2, 0.25) is 13.1 Å². The van der Waals surface area contributed by atoms with E-state index in [0.29, 0.717) is 5.41 Å². The molecule has 0 aliphatic heterocycles. The fourth-order valence-corrected chi connectivity index (χ4v) is 1.55. The third-order valence-corrected chi connectivity index (χ3v) is 2.26. The van der Waals surface area contributed by atoms with Gasteiger partial charge in [-0.25, -0.2) is 0 Å². The van der Waals surface area contributed by atoms with E-state index in [0.717, 1.165) is 12.8 Å². The Kier molecular flexibility index (Phi) is 5.05. The largest absolute Gasteiger partial charge is 0.393 e. The van der Waals surface area contributed by atoms with E-state index in [1.54, 1.807) is 0 Å². The van der Waals surface area contributed by atoms with Gasteiger partial charge in [0.2, 0.25) is 9.04 Å². The van der Waals surface area contributed by atoms with Crippen LogP contribution in [-0.4, -0.2) is 20.4 Å². The molecule has 0 aliphatic rings. The Morgan fingerprint density at radius 1 is 1.33 bits per heavy atom. The number of hydrogen-bond donors (Lipinski definition) is 1. The molecule has 0 aliphatic carbocycles. The van der Waals surface area contributed by atoms with Gasteiger partial charge in [0.15, 0.2) is 0 Å². The van der Waals surface area contributed by atoms with Crippen molar-refractivity contribution in [2.45, 2.75) is 53.0 Å². The van der Waals surface area contributed by atoms with Gasteiger partial charge in [0.25, 0.3) is 0 Å². The maximum Gasteiger partial charge on any atom is 0.208 e. The summed E-state index contributed by atoms with van der Waals surface area (Å²) in [5.74, 6) is 0. The van der Waals surface area contributed by atoms with Gasteiger partial charge in [-0.1, -0.05) is 20.8 Å². The summed E-state index contributed by atoms with van der Waals surface area (Å²) in [6.07, 6.45) is 1.20. The van der Waals surface area contributed by atoms with Crippen molar-refractivity contribution in [1.82, 2.24) is 0 Å². The molecule has 0 saturated heterocycles. The predicted molar refractivity (Wildman–Crippen MR) is 53.3 cm³/mol. The molecule has 0 saturated carbocycles. The fourth-order valence-electron chi connectivity index (χ4n) is 0.887. The molecule has 0 rings (SSSR count). The van der Waals surface area contributed by atoms with Crippen molar-refractivity contribution < 1.29 is 9.53 Å². The molecule has 0 aromatic heterocycles. The van der Waals surface area contributed by atoms with Crippen LogP contribution < -0.4 is 0 Å². The van der Waals surface area contributed by atoms with E-state index in [9.17, 15) is 5.11 Å². The van der Waals surface area contributed by atoms with Crippen LogP contribution in [0.15, 0.2) is 0 Å². The van der Waals surface area contributed by atoms with E-state index >= 15 is 0 Å². The predicted octanol–water partition coefficient (Wildman–Crippen LogP) is 2.40. The SMILES string of the molecule is C[Si](C)OC(O)CCC(C)(C)C. The summed E-state index contributed by atoms with van der Waals surface area (Å²) in [4.78, 5) is 0. The lowest BCUT2D eigenvalue weighted by Gasteiger charge is -2.21. The summed E-state index contributed by atoms with van der Waals surface area (Å²) in [6.45, 7) is 10.6. The Balaban J connectivity index is 3.51. The first kappa shape index (κ1) is 12.1. The summed E-state index contributed by atoms with van der Waals surface area (Å²) in [5, 5.41) is 9.39. The average molecular weight is 189 g/mol. The van der Waals surface area contributed by atoms with Gasteiger partial charge in [-0.3, -0.25) is 0 Å². The maximum absolute atomic E-state index is 9.39. The summed E-state index contributed by atoms with van der Waals surface area (Å²) < 4.78 is 5.30. The average Bonchev–Trinajstić information content (AvgIpc) is 1.80. The number of hydrogen-bond acceptors (Lipinski definition) is 2. The van der Waals surface area contributed by atoms with Crippen molar-refractivity contribution in [1.29, 1.82) is 0 Å². The molecular formula is C9H21O2Si. The highest BCUT2D eigenvalue weighted by atomic mass is 28.3. The molecule has 3 heteroatoms. The minimum atomic E-state index is -0.751. The molecule has 0 aromatic rings. The van der Waals surface area contributed by atoms with Crippen molar-refractivity contribution in [3.8, 4) is 0 Å². The molecule has 0 amide bonds. The van der Waals surface area contributed by atoms with Crippen LogP contribution >= 0.6 is 0 Å². The number of rotatable bonds is 4. The Morgan fingerprint density at radius 2 is 1.83 bits per heavy atom. The highest BCUT2D eigenvalue weighted by Crippen LogP contribution is 2.21. The first-order chi connectivity index (χ1) is 5.31. The molecule has 1 N–H and O–H groups in total. The highest BCUT2D eigenvalue weighted by Gasteiger charge is 2.14. The summed E-state index contributed by atoms with van der Waals surface area (Å²) in [5.41, 5.74) is 0.290. The van der Waals surface area contributed by atoms with Crippen LogP contribution in [0.5, 0.6) is 0 Å². The first-order valence-electron chi connectivity index (χ1n) is 4.46. The van der Waals surface area contributed by atoms with Crippen LogP contribution in [0.1, 0.15) is 33.6 Å². The van der Waals surface area contributed by atoms with Gasteiger partial charge in [-0.05, 0) is 31.4 Å². The Hall–Kier alpha value is 0.137. The quantitative estimate of drug-likeness (QED) is 0.543. The van der Waals surface area contributed by atoms with Crippen molar-refractivity contribution in [3.05, 3.63) is 0 Å². The zero-order chi connectivity index (χ0) is 9.78. The van der Waals surface area contributed by atoms with E-state index in [4.69, 9.17) is 4.43 Å². The minimum absolute atomic E-state index is 0.290. The van der Waals surface area contributed by atoms with Crippen molar-refractivity contribution in [2.75, 3.05) is 0 Å². The van der Waals surface area contributed by atoms with Crippen molar-refractivity contribution >= 4 is 9.04 Å². The number of aliphatic hydroxyl groups is 1. The van der Waals surface area contributed by atoms with Crippen LogP contribution in [0.4, 0.5) is 0 Å². The van der Waals surface area contributed by atoms with Crippen LogP contribution in [0.25, 0.3) is 0 Å². The summed E-state index contributed by atoms with van der Waals surface area (Å²) in [7, 11) is -0.751. The third-order valence-electron chi connectivity index (χ3n) is 1.51. The molecule has 12 heavy (non-hydrogen) atoms. The zero-order valence-corrected chi connectivity index (χ0v) is 9.85.